The second-order valence-electron chi connectivity index (χ2n) is 6.78. The second-order valence-corrected chi connectivity index (χ2v) is 7.69. The Morgan fingerprint density at radius 2 is 2.00 bits per heavy atom. The normalized spacial score (nSPS) is 13.5. The van der Waals surface area contributed by atoms with Gasteiger partial charge in [-0.3, -0.25) is 4.79 Å². The summed E-state index contributed by atoms with van der Waals surface area (Å²) < 4.78 is 31.0. The summed E-state index contributed by atoms with van der Waals surface area (Å²) in [6.45, 7) is -0.210. The van der Waals surface area contributed by atoms with Crippen LogP contribution in [0.1, 0.15) is 12.0 Å². The molecule has 0 radical (unpaired) electrons. The quantitative estimate of drug-likeness (QED) is 0.458. The second kappa shape index (κ2) is 8.00. The van der Waals surface area contributed by atoms with Crippen molar-refractivity contribution in [2.75, 3.05) is 0 Å². The van der Waals surface area contributed by atoms with E-state index in [-0.39, 0.29) is 25.1 Å². The molecule has 2 aromatic carbocycles. The van der Waals surface area contributed by atoms with E-state index in [1.54, 1.807) is 18.2 Å². The van der Waals surface area contributed by atoms with Crippen molar-refractivity contribution in [1.29, 1.82) is 0 Å². The van der Waals surface area contributed by atoms with Gasteiger partial charge in [0.2, 0.25) is 0 Å². The summed E-state index contributed by atoms with van der Waals surface area (Å²) in [5.41, 5.74) is -1.89. The van der Waals surface area contributed by atoms with E-state index in [1.165, 1.54) is 23.4 Å². The van der Waals surface area contributed by atoms with Gasteiger partial charge in [-0.25, -0.2) is 23.1 Å². The first-order valence-corrected chi connectivity index (χ1v) is 9.68. The minimum absolute atomic E-state index is 0.0557. The maximum Gasteiger partial charge on any atom is 0.277 e. The maximum absolute atomic E-state index is 14.5. The lowest BCUT2D eigenvalue weighted by Gasteiger charge is -2.29. The number of rotatable bonds is 6. The SMILES string of the molecule is O=c1c2ccc(Br)cc2nnn1CCC(O)(Cn1cncn1)c1ccc(F)cc1F. The van der Waals surface area contributed by atoms with Crippen LogP contribution >= 0.6 is 15.9 Å². The van der Waals surface area contributed by atoms with E-state index in [0.717, 1.165) is 15.2 Å². The number of fused-ring (bicyclic) bond motifs is 1. The minimum atomic E-state index is -1.80. The summed E-state index contributed by atoms with van der Waals surface area (Å²) in [5.74, 6) is -1.67. The molecule has 154 valence electrons. The highest BCUT2D eigenvalue weighted by atomic mass is 79.9. The van der Waals surface area contributed by atoms with Gasteiger partial charge in [0.25, 0.3) is 5.56 Å². The summed E-state index contributed by atoms with van der Waals surface area (Å²) in [7, 11) is 0. The van der Waals surface area contributed by atoms with Gasteiger partial charge in [0.05, 0.1) is 11.9 Å². The monoisotopic (exact) mass is 476 g/mol. The average molecular weight is 477 g/mol. The van der Waals surface area contributed by atoms with Crippen LogP contribution < -0.4 is 5.56 Å². The molecule has 1 atom stereocenters. The highest BCUT2D eigenvalue weighted by Crippen LogP contribution is 2.30. The number of benzene rings is 2. The molecule has 11 heteroatoms. The van der Waals surface area contributed by atoms with Gasteiger partial charge in [-0.2, -0.15) is 5.10 Å². The molecule has 1 N–H and O–H groups in total. The third-order valence-corrected chi connectivity index (χ3v) is 5.24. The van der Waals surface area contributed by atoms with Gasteiger partial charge in [-0.05, 0) is 24.3 Å². The maximum atomic E-state index is 14.5. The van der Waals surface area contributed by atoms with E-state index in [2.05, 4.69) is 36.3 Å². The van der Waals surface area contributed by atoms with Crippen LogP contribution in [0, 0.1) is 11.6 Å². The molecule has 0 aliphatic carbocycles. The third-order valence-electron chi connectivity index (χ3n) is 4.74. The van der Waals surface area contributed by atoms with Crippen molar-refractivity contribution in [3.8, 4) is 0 Å². The Morgan fingerprint density at radius 3 is 2.73 bits per heavy atom. The summed E-state index contributed by atoms with van der Waals surface area (Å²) in [4.78, 5) is 16.5. The smallest absolute Gasteiger partial charge is 0.277 e. The predicted molar refractivity (Wildman–Crippen MR) is 106 cm³/mol. The standard InChI is InChI=1S/C19H15BrF2N6O2/c20-12-1-3-14-17(7-12)25-26-28(18(14)29)6-5-19(30,9-27-11-23-10-24-27)15-4-2-13(21)8-16(15)22/h1-4,7-8,10-11,30H,5-6,9H2. The lowest BCUT2D eigenvalue weighted by molar-refractivity contribution is -0.00227. The van der Waals surface area contributed by atoms with Crippen molar-refractivity contribution in [2.45, 2.75) is 25.1 Å². The lowest BCUT2D eigenvalue weighted by atomic mass is 9.89. The van der Waals surface area contributed by atoms with Gasteiger partial charge >= 0.3 is 0 Å². The molecule has 0 saturated heterocycles. The van der Waals surface area contributed by atoms with Crippen molar-refractivity contribution in [1.82, 2.24) is 29.8 Å². The molecular formula is C19H15BrF2N6O2. The Kier molecular flexibility index (Phi) is 5.39. The Morgan fingerprint density at radius 1 is 1.17 bits per heavy atom. The number of hydrogen-bond acceptors (Lipinski definition) is 6. The number of aryl methyl sites for hydroxylation is 1. The summed E-state index contributed by atoms with van der Waals surface area (Å²) >= 11 is 3.31. The Bertz CT molecular complexity index is 1260. The van der Waals surface area contributed by atoms with Crippen LogP contribution in [-0.2, 0) is 18.7 Å². The van der Waals surface area contributed by atoms with Crippen molar-refractivity contribution in [3.05, 3.63) is 81.1 Å². The largest absolute Gasteiger partial charge is 0.383 e. The van der Waals surface area contributed by atoms with Gasteiger partial charge in [0, 0.05) is 29.1 Å². The number of aliphatic hydroxyl groups is 1. The van der Waals surface area contributed by atoms with Gasteiger partial charge < -0.3 is 5.11 Å². The van der Waals surface area contributed by atoms with Crippen LogP contribution in [0.3, 0.4) is 0 Å². The Hall–Kier alpha value is -3.05. The molecule has 0 aliphatic heterocycles. The number of halogens is 3. The molecule has 2 heterocycles. The van der Waals surface area contributed by atoms with Crippen molar-refractivity contribution >= 4 is 26.8 Å². The van der Waals surface area contributed by atoms with Crippen molar-refractivity contribution < 1.29 is 13.9 Å². The summed E-state index contributed by atoms with van der Waals surface area (Å²) in [6, 6.07) is 7.93. The van der Waals surface area contributed by atoms with Crippen molar-refractivity contribution in [2.24, 2.45) is 0 Å². The number of aromatic nitrogens is 6. The Balaban J connectivity index is 1.69. The van der Waals surface area contributed by atoms with Crippen LogP contribution in [0.15, 0.2) is 58.3 Å². The Labute approximate surface area is 176 Å². The topological polar surface area (TPSA) is 98.7 Å². The lowest BCUT2D eigenvalue weighted by Crippen LogP contribution is -2.36. The highest BCUT2D eigenvalue weighted by Gasteiger charge is 2.33. The van der Waals surface area contributed by atoms with E-state index in [4.69, 9.17) is 0 Å². The van der Waals surface area contributed by atoms with E-state index in [0.29, 0.717) is 17.0 Å². The van der Waals surface area contributed by atoms with Crippen LogP contribution in [0.4, 0.5) is 8.78 Å². The zero-order valence-corrected chi connectivity index (χ0v) is 17.0. The summed E-state index contributed by atoms with van der Waals surface area (Å²) in [6.07, 6.45) is 2.54. The molecule has 0 bridgehead atoms. The molecule has 0 fully saturated rings. The van der Waals surface area contributed by atoms with Crippen LogP contribution in [0.5, 0.6) is 0 Å². The van der Waals surface area contributed by atoms with Gasteiger partial charge in [0.15, 0.2) is 0 Å². The predicted octanol–water partition coefficient (Wildman–Crippen LogP) is 2.40. The van der Waals surface area contributed by atoms with Crippen molar-refractivity contribution in [3.63, 3.8) is 0 Å². The number of nitrogens with zero attached hydrogens (tertiary/aromatic N) is 6. The molecule has 1 unspecified atom stereocenters. The first-order chi connectivity index (χ1) is 14.4. The van der Waals surface area contributed by atoms with Gasteiger partial charge in [-0.1, -0.05) is 27.2 Å². The molecule has 30 heavy (non-hydrogen) atoms. The first-order valence-electron chi connectivity index (χ1n) is 8.89. The molecule has 0 saturated carbocycles. The van der Waals surface area contributed by atoms with Gasteiger partial charge in [0.1, 0.15) is 35.4 Å². The summed E-state index contributed by atoms with van der Waals surface area (Å²) in [5, 5.41) is 23.6. The van der Waals surface area contributed by atoms with Crippen LogP contribution in [0.25, 0.3) is 10.9 Å². The number of hydrogen-bond donors (Lipinski definition) is 1. The van der Waals surface area contributed by atoms with Crippen LogP contribution in [-0.4, -0.2) is 34.9 Å². The van der Waals surface area contributed by atoms with E-state index < -0.39 is 22.8 Å². The zero-order valence-electron chi connectivity index (χ0n) is 15.4. The fraction of sp³-hybridized carbons (Fsp3) is 0.211. The third kappa shape index (κ3) is 3.98. The molecule has 4 rings (SSSR count). The minimum Gasteiger partial charge on any atom is -0.383 e. The van der Waals surface area contributed by atoms with Crippen LogP contribution in [0.2, 0.25) is 0 Å². The first kappa shape index (κ1) is 20.2. The van der Waals surface area contributed by atoms with Gasteiger partial charge in [-0.15, -0.1) is 5.10 Å². The van der Waals surface area contributed by atoms with E-state index in [9.17, 15) is 18.7 Å². The molecular weight excluding hydrogens is 462 g/mol. The van der Waals surface area contributed by atoms with E-state index >= 15 is 0 Å². The fourth-order valence-electron chi connectivity index (χ4n) is 3.24. The molecule has 0 aliphatic rings. The highest BCUT2D eigenvalue weighted by molar-refractivity contribution is 9.10. The molecule has 8 nitrogen and oxygen atoms in total. The molecule has 4 aromatic rings. The average Bonchev–Trinajstić information content (AvgIpc) is 3.20. The fourth-order valence-corrected chi connectivity index (χ4v) is 3.58. The molecule has 2 aromatic heterocycles. The molecule has 0 spiro atoms. The molecule has 0 amide bonds. The zero-order chi connectivity index (χ0) is 21.3. The van der Waals surface area contributed by atoms with E-state index in [1.807, 2.05) is 0 Å².